The summed E-state index contributed by atoms with van der Waals surface area (Å²) in [6.45, 7) is 2.31. The standard InChI is InChI=1S/C12H14BrNO4S/c1-2-14-11(15)5-6-19(18)10-7-8(13)3-4-9(10)12(16)17/h3-4,7H,2,5-6H2,1H3,(H,14,15)(H,16,17). The second kappa shape index (κ2) is 7.40. The lowest BCUT2D eigenvalue weighted by molar-refractivity contribution is -0.120. The van der Waals surface area contributed by atoms with Crippen LogP contribution < -0.4 is 5.32 Å². The minimum Gasteiger partial charge on any atom is -0.478 e. The fourth-order valence-corrected chi connectivity index (χ4v) is 3.20. The molecule has 0 spiro atoms. The van der Waals surface area contributed by atoms with E-state index in [2.05, 4.69) is 21.2 Å². The summed E-state index contributed by atoms with van der Waals surface area (Å²) in [7, 11) is -1.52. The normalized spacial score (nSPS) is 11.9. The van der Waals surface area contributed by atoms with E-state index >= 15 is 0 Å². The van der Waals surface area contributed by atoms with E-state index in [1.54, 1.807) is 13.0 Å². The summed E-state index contributed by atoms with van der Waals surface area (Å²) < 4.78 is 12.7. The highest BCUT2D eigenvalue weighted by atomic mass is 79.9. The van der Waals surface area contributed by atoms with Gasteiger partial charge in [-0.05, 0) is 25.1 Å². The van der Waals surface area contributed by atoms with Gasteiger partial charge in [0.05, 0.1) is 21.3 Å². The van der Waals surface area contributed by atoms with Crippen molar-refractivity contribution in [1.82, 2.24) is 5.32 Å². The van der Waals surface area contributed by atoms with Crippen molar-refractivity contribution < 1.29 is 18.9 Å². The van der Waals surface area contributed by atoms with Gasteiger partial charge in [0.1, 0.15) is 0 Å². The molecule has 0 aliphatic heterocycles. The van der Waals surface area contributed by atoms with E-state index in [1.165, 1.54) is 12.1 Å². The number of aromatic carboxylic acids is 1. The minimum atomic E-state index is -1.52. The average molecular weight is 348 g/mol. The second-order valence-electron chi connectivity index (χ2n) is 3.70. The first-order valence-corrected chi connectivity index (χ1v) is 7.74. The summed E-state index contributed by atoms with van der Waals surface area (Å²) in [5.41, 5.74) is -0.00238. The Hall–Kier alpha value is -1.21. The van der Waals surface area contributed by atoms with Crippen LogP contribution in [0.25, 0.3) is 0 Å². The van der Waals surface area contributed by atoms with Gasteiger partial charge in [0.2, 0.25) is 5.91 Å². The molecule has 0 aliphatic rings. The first-order valence-electron chi connectivity index (χ1n) is 5.63. The molecule has 0 saturated heterocycles. The first kappa shape index (κ1) is 15.8. The zero-order chi connectivity index (χ0) is 14.4. The topological polar surface area (TPSA) is 83.5 Å². The highest BCUT2D eigenvalue weighted by Crippen LogP contribution is 2.20. The van der Waals surface area contributed by atoms with Crippen LogP contribution in [0, 0.1) is 0 Å². The number of carbonyl (C=O) groups excluding carboxylic acids is 1. The van der Waals surface area contributed by atoms with Crippen LogP contribution in [0.3, 0.4) is 0 Å². The van der Waals surface area contributed by atoms with E-state index in [4.69, 9.17) is 5.11 Å². The van der Waals surface area contributed by atoms with Crippen molar-refractivity contribution >= 4 is 38.6 Å². The van der Waals surface area contributed by atoms with Crippen LogP contribution in [0.15, 0.2) is 27.6 Å². The third-order valence-electron chi connectivity index (χ3n) is 2.31. The molecule has 0 aromatic heterocycles. The molecule has 1 aromatic carbocycles. The third kappa shape index (κ3) is 4.76. The Labute approximate surface area is 122 Å². The minimum absolute atomic E-state index is 0.00238. The Kier molecular flexibility index (Phi) is 6.17. The van der Waals surface area contributed by atoms with Crippen molar-refractivity contribution in [3.63, 3.8) is 0 Å². The third-order valence-corrected chi connectivity index (χ3v) is 4.20. The molecule has 5 nitrogen and oxygen atoms in total. The van der Waals surface area contributed by atoms with Crippen LogP contribution in [-0.4, -0.2) is 33.5 Å². The van der Waals surface area contributed by atoms with Crippen molar-refractivity contribution in [2.75, 3.05) is 12.3 Å². The van der Waals surface area contributed by atoms with E-state index in [9.17, 15) is 13.8 Å². The first-order chi connectivity index (χ1) is 8.95. The summed E-state index contributed by atoms with van der Waals surface area (Å²) >= 11 is 3.21. The molecule has 1 rings (SSSR count). The molecule has 1 amide bonds. The summed E-state index contributed by atoms with van der Waals surface area (Å²) in [6.07, 6.45) is 0.103. The number of rotatable bonds is 6. The molecule has 0 fully saturated rings. The maximum Gasteiger partial charge on any atom is 0.336 e. The molecule has 104 valence electrons. The number of nitrogens with one attached hydrogen (secondary N) is 1. The number of hydrogen-bond acceptors (Lipinski definition) is 3. The lowest BCUT2D eigenvalue weighted by Gasteiger charge is -2.07. The van der Waals surface area contributed by atoms with Gasteiger partial charge >= 0.3 is 5.97 Å². The van der Waals surface area contributed by atoms with Gasteiger partial charge in [-0.3, -0.25) is 9.00 Å². The van der Waals surface area contributed by atoms with Crippen molar-refractivity contribution in [2.24, 2.45) is 0 Å². The molecular weight excluding hydrogens is 334 g/mol. The highest BCUT2D eigenvalue weighted by Gasteiger charge is 2.16. The van der Waals surface area contributed by atoms with Gasteiger partial charge in [-0.15, -0.1) is 0 Å². The summed E-state index contributed by atoms with van der Waals surface area (Å²) in [6, 6.07) is 4.48. The molecule has 1 aromatic rings. The van der Waals surface area contributed by atoms with Crippen molar-refractivity contribution in [3.05, 3.63) is 28.2 Å². The van der Waals surface area contributed by atoms with E-state index in [1.807, 2.05) is 0 Å². The molecule has 19 heavy (non-hydrogen) atoms. The summed E-state index contributed by atoms with van der Waals surface area (Å²) in [5.74, 6) is -1.22. The zero-order valence-electron chi connectivity index (χ0n) is 10.3. The summed E-state index contributed by atoms with van der Waals surface area (Å²) in [5, 5.41) is 11.6. The van der Waals surface area contributed by atoms with Gasteiger partial charge in [-0.2, -0.15) is 0 Å². The average Bonchev–Trinajstić information content (AvgIpc) is 2.35. The molecule has 7 heteroatoms. The number of carboxylic acid groups (broad SMARTS) is 1. The van der Waals surface area contributed by atoms with Crippen LogP contribution in [-0.2, 0) is 15.6 Å². The Morgan fingerprint density at radius 1 is 1.42 bits per heavy atom. The molecule has 0 heterocycles. The summed E-state index contributed by atoms with van der Waals surface area (Å²) in [4.78, 5) is 22.6. The predicted octanol–water partition coefficient (Wildman–Crippen LogP) is 1.78. The van der Waals surface area contributed by atoms with E-state index in [0.717, 1.165) is 0 Å². The number of amides is 1. The molecule has 0 bridgehead atoms. The lowest BCUT2D eigenvalue weighted by Crippen LogP contribution is -2.24. The number of carboxylic acids is 1. The number of hydrogen-bond donors (Lipinski definition) is 2. The molecule has 1 unspecified atom stereocenters. The Morgan fingerprint density at radius 2 is 2.11 bits per heavy atom. The largest absolute Gasteiger partial charge is 0.478 e. The highest BCUT2D eigenvalue weighted by molar-refractivity contribution is 9.10. The SMILES string of the molecule is CCNC(=O)CCS(=O)c1cc(Br)ccc1C(=O)O. The van der Waals surface area contributed by atoms with Crippen LogP contribution >= 0.6 is 15.9 Å². The zero-order valence-corrected chi connectivity index (χ0v) is 12.7. The second-order valence-corrected chi connectivity index (χ2v) is 6.15. The Balaban J connectivity index is 2.84. The van der Waals surface area contributed by atoms with Gasteiger partial charge in [-0.25, -0.2) is 4.79 Å². The van der Waals surface area contributed by atoms with Gasteiger partial charge in [0.15, 0.2) is 0 Å². The van der Waals surface area contributed by atoms with Crippen LogP contribution in [0.1, 0.15) is 23.7 Å². The van der Waals surface area contributed by atoms with Crippen molar-refractivity contribution in [1.29, 1.82) is 0 Å². The number of benzene rings is 1. The van der Waals surface area contributed by atoms with E-state index in [0.29, 0.717) is 11.0 Å². The van der Waals surface area contributed by atoms with Crippen molar-refractivity contribution in [2.45, 2.75) is 18.2 Å². The lowest BCUT2D eigenvalue weighted by atomic mass is 10.2. The quantitative estimate of drug-likeness (QED) is 0.821. The van der Waals surface area contributed by atoms with Gasteiger partial charge in [0.25, 0.3) is 0 Å². The smallest absolute Gasteiger partial charge is 0.336 e. The van der Waals surface area contributed by atoms with Gasteiger partial charge < -0.3 is 10.4 Å². The van der Waals surface area contributed by atoms with Crippen molar-refractivity contribution in [3.8, 4) is 0 Å². The molecule has 0 aliphatic carbocycles. The van der Waals surface area contributed by atoms with Crippen LogP contribution in [0.4, 0.5) is 0 Å². The van der Waals surface area contributed by atoms with Crippen LogP contribution in [0.5, 0.6) is 0 Å². The molecule has 2 N–H and O–H groups in total. The Bertz CT molecular complexity index is 518. The molecule has 1 atom stereocenters. The molecule has 0 radical (unpaired) electrons. The Morgan fingerprint density at radius 3 is 2.68 bits per heavy atom. The fraction of sp³-hybridized carbons (Fsp3) is 0.333. The molecular formula is C12H14BrNO4S. The van der Waals surface area contributed by atoms with Crippen LogP contribution in [0.2, 0.25) is 0 Å². The predicted molar refractivity (Wildman–Crippen MR) is 75.7 cm³/mol. The number of carbonyl (C=O) groups is 2. The monoisotopic (exact) mass is 347 g/mol. The number of halogens is 1. The molecule has 0 saturated carbocycles. The van der Waals surface area contributed by atoms with E-state index < -0.39 is 16.8 Å². The van der Waals surface area contributed by atoms with Gasteiger partial charge in [0, 0.05) is 23.2 Å². The maximum absolute atomic E-state index is 12.1. The van der Waals surface area contributed by atoms with E-state index in [-0.39, 0.29) is 28.5 Å². The maximum atomic E-state index is 12.1. The van der Waals surface area contributed by atoms with Gasteiger partial charge in [-0.1, -0.05) is 15.9 Å². The fourth-order valence-electron chi connectivity index (χ4n) is 1.44.